The number of aryl methyl sites for hydroxylation is 1. The van der Waals surface area contributed by atoms with Crippen molar-refractivity contribution in [3.05, 3.63) is 64.1 Å². The largest absolute Gasteiger partial charge is 0.271 e. The number of amides is 1. The minimum atomic E-state index is -3.60. The van der Waals surface area contributed by atoms with Crippen LogP contribution in [0.2, 0.25) is 0 Å². The molecule has 0 radical (unpaired) electrons. The monoisotopic (exact) mass is 423 g/mol. The lowest BCUT2D eigenvalue weighted by molar-refractivity contribution is -0.119. The van der Waals surface area contributed by atoms with Crippen LogP contribution in [-0.4, -0.2) is 33.3 Å². The Kier molecular flexibility index (Phi) is 6.33. The Hall–Kier alpha value is -2.19. The van der Waals surface area contributed by atoms with Crippen LogP contribution in [0.25, 0.3) is 0 Å². The number of carbonyl (C=O) groups is 1. The lowest BCUT2D eigenvalue weighted by Crippen LogP contribution is -2.39. The third-order valence-corrected chi connectivity index (χ3v) is 4.86. The SMILES string of the molecule is Cc1cccc(N(CC(=O)N/N=C\c2cccc(Br)c2)S(C)(=O)=O)c1. The second kappa shape index (κ2) is 8.26. The lowest BCUT2D eigenvalue weighted by Gasteiger charge is -2.21. The van der Waals surface area contributed by atoms with Crippen molar-refractivity contribution in [3.8, 4) is 0 Å². The molecule has 0 bridgehead atoms. The third kappa shape index (κ3) is 5.99. The molecule has 0 aromatic heterocycles. The average Bonchev–Trinajstić information content (AvgIpc) is 2.51. The number of hydrogen-bond donors (Lipinski definition) is 1. The molecule has 0 atom stereocenters. The second-order valence-electron chi connectivity index (χ2n) is 5.46. The van der Waals surface area contributed by atoms with Crippen LogP contribution in [0, 0.1) is 6.92 Å². The molecule has 0 aliphatic rings. The number of hydrazone groups is 1. The zero-order valence-corrected chi connectivity index (χ0v) is 16.2. The first-order chi connectivity index (χ1) is 11.8. The summed E-state index contributed by atoms with van der Waals surface area (Å²) in [5.41, 5.74) is 4.49. The van der Waals surface area contributed by atoms with Gasteiger partial charge in [-0.2, -0.15) is 5.10 Å². The Labute approximate surface area is 155 Å². The summed E-state index contributed by atoms with van der Waals surface area (Å²) < 4.78 is 26.0. The first-order valence-corrected chi connectivity index (χ1v) is 10.0. The highest BCUT2D eigenvalue weighted by Crippen LogP contribution is 2.18. The van der Waals surface area contributed by atoms with Gasteiger partial charge in [0.1, 0.15) is 6.54 Å². The molecule has 0 heterocycles. The lowest BCUT2D eigenvalue weighted by atomic mass is 10.2. The van der Waals surface area contributed by atoms with Crippen LogP contribution in [-0.2, 0) is 14.8 Å². The maximum Gasteiger partial charge on any atom is 0.260 e. The predicted molar refractivity (Wildman–Crippen MR) is 103 cm³/mol. The number of sulfonamides is 1. The molecule has 2 aromatic carbocycles. The fraction of sp³-hybridized carbons (Fsp3) is 0.176. The molecule has 0 unspecified atom stereocenters. The number of carbonyl (C=O) groups excluding carboxylic acids is 1. The molecule has 0 fully saturated rings. The van der Waals surface area contributed by atoms with E-state index in [1.54, 1.807) is 18.2 Å². The minimum Gasteiger partial charge on any atom is -0.271 e. The van der Waals surface area contributed by atoms with E-state index in [9.17, 15) is 13.2 Å². The van der Waals surface area contributed by atoms with Gasteiger partial charge in [-0.1, -0.05) is 40.2 Å². The van der Waals surface area contributed by atoms with E-state index >= 15 is 0 Å². The van der Waals surface area contributed by atoms with Crippen LogP contribution in [0.4, 0.5) is 5.69 Å². The van der Waals surface area contributed by atoms with E-state index in [1.165, 1.54) is 6.21 Å². The fourth-order valence-electron chi connectivity index (χ4n) is 2.11. The van der Waals surface area contributed by atoms with Crippen LogP contribution < -0.4 is 9.73 Å². The Morgan fingerprint density at radius 3 is 2.60 bits per heavy atom. The normalized spacial score (nSPS) is 11.5. The maximum absolute atomic E-state index is 12.1. The molecule has 8 heteroatoms. The van der Waals surface area contributed by atoms with E-state index < -0.39 is 15.9 Å². The summed E-state index contributed by atoms with van der Waals surface area (Å²) in [7, 11) is -3.60. The summed E-state index contributed by atoms with van der Waals surface area (Å²) >= 11 is 3.35. The van der Waals surface area contributed by atoms with Crippen molar-refractivity contribution < 1.29 is 13.2 Å². The highest BCUT2D eigenvalue weighted by Gasteiger charge is 2.20. The smallest absolute Gasteiger partial charge is 0.260 e. The van der Waals surface area contributed by atoms with E-state index in [1.807, 2.05) is 37.3 Å². The second-order valence-corrected chi connectivity index (χ2v) is 8.28. The number of hydrogen-bond acceptors (Lipinski definition) is 4. The Morgan fingerprint density at radius 1 is 1.24 bits per heavy atom. The number of anilines is 1. The molecular weight excluding hydrogens is 406 g/mol. The van der Waals surface area contributed by atoms with Crippen molar-refractivity contribution in [2.24, 2.45) is 5.10 Å². The summed E-state index contributed by atoms with van der Waals surface area (Å²) in [6.45, 7) is 1.50. The zero-order chi connectivity index (χ0) is 18.4. The van der Waals surface area contributed by atoms with Crippen molar-refractivity contribution >= 4 is 43.8 Å². The maximum atomic E-state index is 12.1. The van der Waals surface area contributed by atoms with Gasteiger partial charge in [0.05, 0.1) is 18.2 Å². The van der Waals surface area contributed by atoms with Crippen LogP contribution in [0.5, 0.6) is 0 Å². The summed E-state index contributed by atoms with van der Waals surface area (Å²) in [6.07, 6.45) is 2.55. The Balaban J connectivity index is 2.07. The molecule has 6 nitrogen and oxygen atoms in total. The number of nitrogens with one attached hydrogen (secondary N) is 1. The van der Waals surface area contributed by atoms with Gasteiger partial charge in [-0.05, 0) is 42.3 Å². The molecule has 1 amide bonds. The van der Waals surface area contributed by atoms with E-state index in [-0.39, 0.29) is 6.54 Å². The molecule has 2 rings (SSSR count). The van der Waals surface area contributed by atoms with Crippen LogP contribution in [0.15, 0.2) is 58.1 Å². The third-order valence-electron chi connectivity index (χ3n) is 3.23. The molecule has 0 aliphatic carbocycles. The number of rotatable bonds is 6. The molecule has 25 heavy (non-hydrogen) atoms. The van der Waals surface area contributed by atoms with Gasteiger partial charge in [0.2, 0.25) is 10.0 Å². The summed E-state index contributed by atoms with van der Waals surface area (Å²) in [4.78, 5) is 12.1. The van der Waals surface area contributed by atoms with Gasteiger partial charge in [0.25, 0.3) is 5.91 Å². The van der Waals surface area contributed by atoms with Crippen molar-refractivity contribution in [3.63, 3.8) is 0 Å². The van der Waals surface area contributed by atoms with Crippen LogP contribution in [0.1, 0.15) is 11.1 Å². The highest BCUT2D eigenvalue weighted by atomic mass is 79.9. The van der Waals surface area contributed by atoms with Crippen molar-refractivity contribution in [2.75, 3.05) is 17.1 Å². The number of nitrogens with zero attached hydrogens (tertiary/aromatic N) is 2. The molecule has 2 aromatic rings. The van der Waals surface area contributed by atoms with Crippen LogP contribution in [0.3, 0.4) is 0 Å². The summed E-state index contributed by atoms with van der Waals surface area (Å²) in [6, 6.07) is 14.3. The molecule has 1 N–H and O–H groups in total. The fourth-order valence-corrected chi connectivity index (χ4v) is 3.38. The van der Waals surface area contributed by atoms with Gasteiger partial charge >= 0.3 is 0 Å². The Bertz CT molecular complexity index is 898. The molecule has 132 valence electrons. The van der Waals surface area contributed by atoms with E-state index in [0.717, 1.165) is 26.2 Å². The summed E-state index contributed by atoms with van der Waals surface area (Å²) in [5.74, 6) is -0.529. The highest BCUT2D eigenvalue weighted by molar-refractivity contribution is 9.10. The molecular formula is C17H18BrN3O3S. The topological polar surface area (TPSA) is 78.8 Å². The first kappa shape index (κ1) is 19.1. The van der Waals surface area contributed by atoms with Gasteiger partial charge < -0.3 is 0 Å². The van der Waals surface area contributed by atoms with Gasteiger partial charge in [0.15, 0.2) is 0 Å². The predicted octanol–water partition coefficient (Wildman–Crippen LogP) is 2.67. The van der Waals surface area contributed by atoms with Gasteiger partial charge in [0, 0.05) is 4.47 Å². The average molecular weight is 424 g/mol. The Morgan fingerprint density at radius 2 is 1.96 bits per heavy atom. The van der Waals surface area contributed by atoms with Crippen molar-refractivity contribution in [1.29, 1.82) is 0 Å². The first-order valence-electron chi connectivity index (χ1n) is 7.37. The quantitative estimate of drug-likeness (QED) is 0.572. The molecule has 0 aliphatic heterocycles. The minimum absolute atomic E-state index is 0.349. The summed E-state index contributed by atoms with van der Waals surface area (Å²) in [5, 5.41) is 3.86. The van der Waals surface area contributed by atoms with Crippen molar-refractivity contribution in [2.45, 2.75) is 6.92 Å². The van der Waals surface area contributed by atoms with E-state index in [0.29, 0.717) is 5.69 Å². The molecule has 0 saturated heterocycles. The van der Waals surface area contributed by atoms with Gasteiger partial charge in [-0.25, -0.2) is 13.8 Å². The van der Waals surface area contributed by atoms with E-state index in [2.05, 4.69) is 26.5 Å². The van der Waals surface area contributed by atoms with Gasteiger partial charge in [-0.3, -0.25) is 9.10 Å². The zero-order valence-electron chi connectivity index (χ0n) is 13.8. The number of benzene rings is 2. The number of halogens is 1. The van der Waals surface area contributed by atoms with Crippen LogP contribution >= 0.6 is 15.9 Å². The molecule has 0 spiro atoms. The van der Waals surface area contributed by atoms with E-state index in [4.69, 9.17) is 0 Å². The van der Waals surface area contributed by atoms with Gasteiger partial charge in [-0.15, -0.1) is 0 Å². The molecule has 0 saturated carbocycles. The standard InChI is InChI=1S/C17H18BrN3O3S/c1-13-5-3-8-16(9-13)21(25(2,23)24)12-17(22)20-19-11-14-6-4-7-15(18)10-14/h3-11H,12H2,1-2H3,(H,20,22)/b19-11-. The van der Waals surface area contributed by atoms with Crippen molar-refractivity contribution in [1.82, 2.24) is 5.43 Å².